The summed E-state index contributed by atoms with van der Waals surface area (Å²) < 4.78 is 53.9. The summed E-state index contributed by atoms with van der Waals surface area (Å²) in [7, 11) is -4.59. The summed E-state index contributed by atoms with van der Waals surface area (Å²) in [4.78, 5) is 25.3. The number of carbonyl (C=O) groups excluding carboxylic acids is 2. The van der Waals surface area contributed by atoms with Crippen molar-refractivity contribution in [2.45, 2.75) is 230 Å². The van der Waals surface area contributed by atoms with Crippen molar-refractivity contribution in [1.29, 1.82) is 0 Å². The summed E-state index contributed by atoms with van der Waals surface area (Å²) in [6.45, 7) is 3.76. The molecule has 1 saturated heterocycles. The highest BCUT2D eigenvalue weighted by molar-refractivity contribution is 7.85. The molecule has 1 aliphatic rings. The van der Waals surface area contributed by atoms with E-state index in [9.17, 15) is 37.9 Å². The molecule has 0 spiro atoms. The van der Waals surface area contributed by atoms with Crippen molar-refractivity contribution in [3.63, 3.8) is 0 Å². The van der Waals surface area contributed by atoms with Gasteiger partial charge in [-0.1, -0.05) is 168 Å². The SMILES string of the molecule is CCCCCCCCCCCCCCCC(=O)OCC(CO[C@@H]1O[C@H](CS(=O)(=O)O)[C@@H](O)[C@H](O)[C@H]1O)OC(=O)CCCCCCCCCCCCCCC. The predicted molar refractivity (Wildman–Crippen MR) is 211 cm³/mol. The molecule has 0 amide bonds. The van der Waals surface area contributed by atoms with Gasteiger partial charge in [-0.05, 0) is 12.8 Å². The Hall–Kier alpha value is -1.35. The van der Waals surface area contributed by atoms with Crippen LogP contribution in [0.25, 0.3) is 0 Å². The van der Waals surface area contributed by atoms with Crippen LogP contribution < -0.4 is 0 Å². The fourth-order valence-electron chi connectivity index (χ4n) is 6.79. The molecule has 320 valence electrons. The second-order valence-electron chi connectivity index (χ2n) is 15.4. The molecule has 0 saturated carbocycles. The van der Waals surface area contributed by atoms with Crippen LogP contribution in [0.2, 0.25) is 0 Å². The maximum atomic E-state index is 12.8. The second kappa shape index (κ2) is 32.7. The summed E-state index contributed by atoms with van der Waals surface area (Å²) in [5.74, 6) is -1.97. The standard InChI is InChI=1S/C41H78O12S/c1-3-5-7-9-11-13-15-17-19-21-23-25-27-29-36(42)50-31-34(32-51-41-40(46)39(45)38(44)35(53-41)33-54(47,48)49)52-37(43)30-28-26-24-22-20-18-16-14-12-10-8-6-4-2/h34-35,38-41,44-46H,3-33H2,1-2H3,(H,47,48,49)/t34?,35-,38-,39+,40-,41-/m1/s1. The molecule has 13 heteroatoms. The Labute approximate surface area is 327 Å². The van der Waals surface area contributed by atoms with Crippen molar-refractivity contribution in [3.8, 4) is 0 Å². The smallest absolute Gasteiger partial charge is 0.306 e. The quantitative estimate of drug-likeness (QED) is 0.0272. The average Bonchev–Trinajstić information content (AvgIpc) is 3.13. The minimum atomic E-state index is -4.59. The Morgan fingerprint density at radius 1 is 0.556 bits per heavy atom. The van der Waals surface area contributed by atoms with Crippen LogP contribution in [0.4, 0.5) is 0 Å². The van der Waals surface area contributed by atoms with Crippen molar-refractivity contribution in [2.75, 3.05) is 19.0 Å². The summed E-state index contributed by atoms with van der Waals surface area (Å²) >= 11 is 0. The fraction of sp³-hybridized carbons (Fsp3) is 0.951. The zero-order valence-corrected chi connectivity index (χ0v) is 34.7. The zero-order valence-electron chi connectivity index (χ0n) is 33.8. The van der Waals surface area contributed by atoms with Gasteiger partial charge in [0.2, 0.25) is 0 Å². The summed E-state index contributed by atoms with van der Waals surface area (Å²) in [6.07, 6.45) is 21.5. The molecule has 0 radical (unpaired) electrons. The Morgan fingerprint density at radius 3 is 1.35 bits per heavy atom. The highest BCUT2D eigenvalue weighted by Gasteiger charge is 2.46. The summed E-state index contributed by atoms with van der Waals surface area (Å²) in [5, 5.41) is 30.8. The number of rotatable bonds is 36. The number of hydrogen-bond donors (Lipinski definition) is 4. The number of aliphatic hydroxyl groups excluding tert-OH is 3. The third kappa shape index (κ3) is 27.3. The summed E-state index contributed by atoms with van der Waals surface area (Å²) in [6, 6.07) is 0. The van der Waals surface area contributed by atoms with E-state index in [4.69, 9.17) is 18.9 Å². The lowest BCUT2D eigenvalue weighted by Crippen LogP contribution is -2.60. The normalized spacial score (nSPS) is 20.9. The van der Waals surface area contributed by atoms with Gasteiger partial charge in [-0.2, -0.15) is 8.42 Å². The number of esters is 2. The Balaban J connectivity index is 2.46. The number of aliphatic hydroxyl groups is 3. The van der Waals surface area contributed by atoms with Crippen LogP contribution in [0, 0.1) is 0 Å². The minimum Gasteiger partial charge on any atom is -0.462 e. The lowest BCUT2D eigenvalue weighted by atomic mass is 10.00. The van der Waals surface area contributed by atoms with Crippen LogP contribution in [0.1, 0.15) is 194 Å². The molecule has 1 unspecified atom stereocenters. The van der Waals surface area contributed by atoms with Crippen LogP contribution in [0.5, 0.6) is 0 Å². The first-order valence-electron chi connectivity index (χ1n) is 21.6. The Kier molecular flexibility index (Phi) is 30.7. The molecule has 1 aliphatic heterocycles. The van der Waals surface area contributed by atoms with Gasteiger partial charge in [-0.3, -0.25) is 14.1 Å². The van der Waals surface area contributed by atoms with Crippen molar-refractivity contribution in [3.05, 3.63) is 0 Å². The summed E-state index contributed by atoms with van der Waals surface area (Å²) in [5.41, 5.74) is 0. The molecule has 1 rings (SSSR count). The molecule has 0 bridgehead atoms. The van der Waals surface area contributed by atoms with E-state index < -0.39 is 71.2 Å². The van der Waals surface area contributed by atoms with Gasteiger partial charge in [-0.15, -0.1) is 0 Å². The molecule has 4 N–H and O–H groups in total. The van der Waals surface area contributed by atoms with Gasteiger partial charge in [0.1, 0.15) is 36.8 Å². The zero-order chi connectivity index (χ0) is 39.9. The molecule has 1 fully saturated rings. The van der Waals surface area contributed by atoms with E-state index >= 15 is 0 Å². The van der Waals surface area contributed by atoms with E-state index in [-0.39, 0.29) is 19.4 Å². The first kappa shape index (κ1) is 50.7. The van der Waals surface area contributed by atoms with Crippen molar-refractivity contribution >= 4 is 22.1 Å². The van der Waals surface area contributed by atoms with Gasteiger partial charge in [0.05, 0.1) is 6.61 Å². The predicted octanol–water partition coefficient (Wildman–Crippen LogP) is 8.12. The van der Waals surface area contributed by atoms with Gasteiger partial charge in [-0.25, -0.2) is 0 Å². The van der Waals surface area contributed by atoms with Crippen LogP contribution in [-0.2, 0) is 38.7 Å². The first-order chi connectivity index (χ1) is 26.0. The molecule has 0 aliphatic carbocycles. The second-order valence-corrected chi connectivity index (χ2v) is 16.9. The number of ether oxygens (including phenoxy) is 4. The molecule has 12 nitrogen and oxygen atoms in total. The number of carbonyl (C=O) groups is 2. The fourth-order valence-corrected chi connectivity index (χ4v) is 7.49. The van der Waals surface area contributed by atoms with Gasteiger partial charge in [0, 0.05) is 12.8 Å². The molecule has 0 aromatic heterocycles. The van der Waals surface area contributed by atoms with Gasteiger partial charge in [0.25, 0.3) is 10.1 Å². The van der Waals surface area contributed by atoms with E-state index in [0.29, 0.717) is 12.8 Å². The molecular formula is C41H78O12S. The van der Waals surface area contributed by atoms with Gasteiger partial charge in [0.15, 0.2) is 12.4 Å². The highest BCUT2D eigenvalue weighted by Crippen LogP contribution is 2.24. The maximum Gasteiger partial charge on any atom is 0.306 e. The lowest BCUT2D eigenvalue weighted by molar-refractivity contribution is -0.297. The molecule has 0 aromatic rings. The van der Waals surface area contributed by atoms with E-state index in [1.165, 1.54) is 116 Å². The first-order valence-corrected chi connectivity index (χ1v) is 23.2. The van der Waals surface area contributed by atoms with Crippen molar-refractivity contribution < 1.29 is 56.8 Å². The third-order valence-corrected chi connectivity index (χ3v) is 10.9. The molecule has 6 atom stereocenters. The van der Waals surface area contributed by atoms with Crippen molar-refractivity contribution in [1.82, 2.24) is 0 Å². The van der Waals surface area contributed by atoms with E-state index in [0.717, 1.165) is 38.5 Å². The molecular weight excluding hydrogens is 717 g/mol. The van der Waals surface area contributed by atoms with E-state index in [1.54, 1.807) is 0 Å². The molecule has 54 heavy (non-hydrogen) atoms. The van der Waals surface area contributed by atoms with E-state index in [1.807, 2.05) is 0 Å². The minimum absolute atomic E-state index is 0.172. The topological polar surface area (TPSA) is 186 Å². The number of hydrogen-bond acceptors (Lipinski definition) is 11. The van der Waals surface area contributed by atoms with Gasteiger partial charge < -0.3 is 34.3 Å². The van der Waals surface area contributed by atoms with E-state index in [2.05, 4.69) is 13.8 Å². The van der Waals surface area contributed by atoms with Crippen molar-refractivity contribution in [2.24, 2.45) is 0 Å². The van der Waals surface area contributed by atoms with Crippen LogP contribution in [0.3, 0.4) is 0 Å². The number of unbranched alkanes of at least 4 members (excludes halogenated alkanes) is 24. The Bertz CT molecular complexity index is 1030. The Morgan fingerprint density at radius 2 is 0.944 bits per heavy atom. The third-order valence-electron chi connectivity index (χ3n) is 10.2. The lowest BCUT2D eigenvalue weighted by Gasteiger charge is -2.40. The van der Waals surface area contributed by atoms with Crippen LogP contribution >= 0.6 is 0 Å². The van der Waals surface area contributed by atoms with Crippen LogP contribution in [-0.4, -0.2) is 96.0 Å². The average molecular weight is 795 g/mol. The maximum absolute atomic E-state index is 12.8. The largest absolute Gasteiger partial charge is 0.462 e. The van der Waals surface area contributed by atoms with Gasteiger partial charge >= 0.3 is 11.9 Å². The molecule has 0 aromatic carbocycles. The molecule has 1 heterocycles. The monoisotopic (exact) mass is 795 g/mol. The highest BCUT2D eigenvalue weighted by atomic mass is 32.2. The van der Waals surface area contributed by atoms with Crippen LogP contribution in [0.15, 0.2) is 0 Å².